The molecule has 42 heavy (non-hydrogen) atoms. The molecule has 1 heterocycles. The van der Waals surface area contributed by atoms with Crippen LogP contribution in [0.5, 0.6) is 0 Å². The van der Waals surface area contributed by atoms with Gasteiger partial charge >= 0.3 is 0 Å². The Morgan fingerprint density at radius 3 is 2.29 bits per heavy atom. The lowest BCUT2D eigenvalue weighted by atomic mass is 9.61. The van der Waals surface area contributed by atoms with Crippen molar-refractivity contribution >= 4 is 23.4 Å². The number of halogens is 2. The Hall–Kier alpha value is -3.22. The van der Waals surface area contributed by atoms with Crippen LogP contribution in [-0.4, -0.2) is 48.8 Å². The van der Waals surface area contributed by atoms with Crippen molar-refractivity contribution in [2.24, 2.45) is 5.41 Å². The number of hydrogen-bond donors (Lipinski definition) is 1. The molecule has 6 rings (SSSR count). The van der Waals surface area contributed by atoms with Crippen molar-refractivity contribution < 1.29 is 14.0 Å². The lowest BCUT2D eigenvalue weighted by Gasteiger charge is -2.52. The lowest BCUT2D eigenvalue weighted by Crippen LogP contribution is -2.50. The van der Waals surface area contributed by atoms with E-state index in [1.807, 2.05) is 41.3 Å². The van der Waals surface area contributed by atoms with Crippen LogP contribution in [0, 0.1) is 11.2 Å². The summed E-state index contributed by atoms with van der Waals surface area (Å²) < 4.78 is 13.6. The molecule has 2 fully saturated rings. The normalized spacial score (nSPS) is 20.9. The zero-order valence-corrected chi connectivity index (χ0v) is 25.2. The first kappa shape index (κ1) is 28.9. The molecule has 7 heteroatoms. The number of hydrogen-bond acceptors (Lipinski definition) is 3. The molecule has 3 aromatic rings. The van der Waals surface area contributed by atoms with Crippen LogP contribution >= 0.6 is 11.6 Å². The second-order valence-electron chi connectivity index (χ2n) is 12.7. The number of piperidine rings is 1. The first-order valence-electron chi connectivity index (χ1n) is 15.1. The minimum Gasteiger partial charge on any atom is -0.345 e. The predicted molar refractivity (Wildman–Crippen MR) is 164 cm³/mol. The van der Waals surface area contributed by atoms with Gasteiger partial charge in [0, 0.05) is 24.2 Å². The van der Waals surface area contributed by atoms with Crippen molar-refractivity contribution in [1.29, 1.82) is 0 Å². The average molecular weight is 588 g/mol. The van der Waals surface area contributed by atoms with Gasteiger partial charge in [0.1, 0.15) is 5.82 Å². The SMILES string of the molecule is CN(C)C1(c2ccc(F)cc2)CCC2(CCN(C(=O)c3ccc4c(c3)C(NC(=O)c3ccccc3Cl)CC4)CC2)CC1. The Morgan fingerprint density at radius 1 is 0.929 bits per heavy atom. The predicted octanol–water partition coefficient (Wildman–Crippen LogP) is 7.15. The van der Waals surface area contributed by atoms with Crippen LogP contribution in [0.1, 0.15) is 88.4 Å². The number of nitrogens with one attached hydrogen (secondary N) is 1. The summed E-state index contributed by atoms with van der Waals surface area (Å²) in [5, 5.41) is 3.57. The molecule has 1 atom stereocenters. The highest BCUT2D eigenvalue weighted by atomic mass is 35.5. The Bertz CT molecular complexity index is 1470. The number of rotatable bonds is 5. The Balaban J connectivity index is 1.10. The summed E-state index contributed by atoms with van der Waals surface area (Å²) in [7, 11) is 4.26. The third-order valence-corrected chi connectivity index (χ3v) is 10.7. The monoisotopic (exact) mass is 587 g/mol. The molecule has 0 bridgehead atoms. The minimum atomic E-state index is -0.197. The molecule has 1 saturated carbocycles. The van der Waals surface area contributed by atoms with Gasteiger partial charge in [-0.3, -0.25) is 14.5 Å². The van der Waals surface area contributed by atoms with Crippen LogP contribution in [0.3, 0.4) is 0 Å². The standard InChI is InChI=1S/C35H39ClFN3O2/c1-39(2)35(26-10-12-27(37)13-11-26)17-15-34(16-18-35)19-21-40(22-20-34)33(42)25-8-7-24-9-14-31(29(24)23-25)38-32(41)28-5-3-4-6-30(28)36/h3-8,10-13,23,31H,9,14-22H2,1-2H3,(H,38,41). The third kappa shape index (κ3) is 5.35. The van der Waals surface area contributed by atoms with Gasteiger partial charge in [0.2, 0.25) is 0 Å². The van der Waals surface area contributed by atoms with E-state index in [-0.39, 0.29) is 34.6 Å². The number of nitrogens with zero attached hydrogens (tertiary/aromatic N) is 2. The van der Waals surface area contributed by atoms with Crippen molar-refractivity contribution in [3.05, 3.63) is 105 Å². The highest BCUT2D eigenvalue weighted by Gasteiger charge is 2.46. The molecule has 1 aliphatic heterocycles. The van der Waals surface area contributed by atoms with E-state index in [4.69, 9.17) is 11.6 Å². The van der Waals surface area contributed by atoms with Crippen molar-refractivity contribution in [3.8, 4) is 0 Å². The maximum atomic E-state index is 13.7. The summed E-state index contributed by atoms with van der Waals surface area (Å²) in [6, 6.07) is 19.9. The van der Waals surface area contributed by atoms with Crippen molar-refractivity contribution in [3.63, 3.8) is 0 Å². The van der Waals surface area contributed by atoms with E-state index >= 15 is 0 Å². The Kier molecular flexibility index (Phi) is 7.88. The largest absolute Gasteiger partial charge is 0.345 e. The summed E-state index contributed by atoms with van der Waals surface area (Å²) >= 11 is 6.25. The van der Waals surface area contributed by atoms with Gasteiger partial charge in [-0.1, -0.05) is 41.9 Å². The number of carbonyl (C=O) groups is 2. The minimum absolute atomic E-state index is 0.0699. The van der Waals surface area contributed by atoms with Crippen LogP contribution in [0.2, 0.25) is 5.02 Å². The molecular weight excluding hydrogens is 549 g/mol. The first-order valence-corrected chi connectivity index (χ1v) is 15.5. The maximum absolute atomic E-state index is 13.7. The third-order valence-electron chi connectivity index (χ3n) is 10.4. The summed E-state index contributed by atoms with van der Waals surface area (Å²) in [5.41, 5.74) is 4.73. The maximum Gasteiger partial charge on any atom is 0.253 e. The number of fused-ring (bicyclic) bond motifs is 1. The van der Waals surface area contributed by atoms with Crippen LogP contribution < -0.4 is 5.32 Å². The molecule has 220 valence electrons. The van der Waals surface area contributed by atoms with Crippen molar-refractivity contribution in [1.82, 2.24) is 15.1 Å². The summed E-state index contributed by atoms with van der Waals surface area (Å²) in [4.78, 5) is 30.9. The molecular formula is C35H39ClFN3O2. The van der Waals surface area contributed by atoms with E-state index in [1.54, 1.807) is 30.3 Å². The average Bonchev–Trinajstić information content (AvgIpc) is 3.40. The van der Waals surface area contributed by atoms with Gasteiger partial charge < -0.3 is 10.2 Å². The van der Waals surface area contributed by atoms with Gasteiger partial charge in [0.05, 0.1) is 16.6 Å². The summed E-state index contributed by atoms with van der Waals surface area (Å²) in [6.07, 6.45) is 7.97. The molecule has 1 spiro atoms. The lowest BCUT2D eigenvalue weighted by molar-refractivity contribution is -0.000342. The Labute approximate surface area is 253 Å². The zero-order chi connectivity index (χ0) is 29.5. The second kappa shape index (κ2) is 11.5. The van der Waals surface area contributed by atoms with Crippen LogP contribution in [-0.2, 0) is 12.0 Å². The van der Waals surface area contributed by atoms with Crippen LogP contribution in [0.15, 0.2) is 66.7 Å². The van der Waals surface area contributed by atoms with E-state index in [0.717, 1.165) is 70.0 Å². The quantitative estimate of drug-likeness (QED) is 0.345. The van der Waals surface area contributed by atoms with E-state index in [1.165, 1.54) is 11.1 Å². The first-order chi connectivity index (χ1) is 20.2. The fourth-order valence-electron chi connectivity index (χ4n) is 7.58. The summed E-state index contributed by atoms with van der Waals surface area (Å²) in [5.74, 6) is -0.320. The van der Waals surface area contributed by atoms with Crippen molar-refractivity contribution in [2.45, 2.75) is 62.9 Å². The number of aryl methyl sites for hydroxylation is 1. The van der Waals surface area contributed by atoms with E-state index < -0.39 is 0 Å². The number of carbonyl (C=O) groups excluding carboxylic acids is 2. The molecule has 0 aromatic heterocycles. The molecule has 1 saturated heterocycles. The molecule has 0 radical (unpaired) electrons. The summed E-state index contributed by atoms with van der Waals surface area (Å²) in [6.45, 7) is 1.52. The molecule has 1 unspecified atom stereocenters. The molecule has 5 nitrogen and oxygen atoms in total. The van der Waals surface area contributed by atoms with Gasteiger partial charge in [0.15, 0.2) is 0 Å². The number of likely N-dealkylation sites (tertiary alicyclic amines) is 1. The molecule has 2 aliphatic carbocycles. The van der Waals surface area contributed by atoms with E-state index in [9.17, 15) is 14.0 Å². The topological polar surface area (TPSA) is 52.6 Å². The number of amides is 2. The smallest absolute Gasteiger partial charge is 0.253 e. The van der Waals surface area contributed by atoms with Crippen LogP contribution in [0.25, 0.3) is 0 Å². The second-order valence-corrected chi connectivity index (χ2v) is 13.1. The highest BCUT2D eigenvalue weighted by molar-refractivity contribution is 6.33. The fourth-order valence-corrected chi connectivity index (χ4v) is 7.80. The van der Waals surface area contributed by atoms with Gasteiger partial charge in [-0.05, 0) is 124 Å². The van der Waals surface area contributed by atoms with Gasteiger partial charge in [0.25, 0.3) is 11.8 Å². The van der Waals surface area contributed by atoms with Gasteiger partial charge in [-0.2, -0.15) is 0 Å². The van der Waals surface area contributed by atoms with Crippen molar-refractivity contribution in [2.75, 3.05) is 27.2 Å². The van der Waals surface area contributed by atoms with Gasteiger partial charge in [-0.15, -0.1) is 0 Å². The molecule has 3 aromatic carbocycles. The fraction of sp³-hybridized carbons (Fsp3) is 0.429. The van der Waals surface area contributed by atoms with E-state index in [2.05, 4.69) is 24.3 Å². The molecule has 2 amide bonds. The van der Waals surface area contributed by atoms with Crippen LogP contribution in [0.4, 0.5) is 4.39 Å². The molecule has 3 aliphatic rings. The Morgan fingerprint density at radius 2 is 1.62 bits per heavy atom. The van der Waals surface area contributed by atoms with E-state index in [0.29, 0.717) is 16.1 Å². The highest BCUT2D eigenvalue weighted by Crippen LogP contribution is 2.52. The van der Waals surface area contributed by atoms with Gasteiger partial charge in [-0.25, -0.2) is 4.39 Å². The molecule has 1 N–H and O–H groups in total. The zero-order valence-electron chi connectivity index (χ0n) is 24.5. The number of benzene rings is 3.